The van der Waals surface area contributed by atoms with Gasteiger partial charge in [-0.1, -0.05) is 18.2 Å². The Morgan fingerprint density at radius 1 is 1.11 bits per heavy atom. The molecule has 4 nitrogen and oxygen atoms in total. The molecule has 1 heterocycles. The molecule has 0 unspecified atom stereocenters. The standard InChI is InChI=1S/C13H11BrO4/c14-12-7-6-11(18-12)13(15)17-9-8-16-10-4-2-1-3-5-10/h1-7H,8-9H2. The van der Waals surface area contributed by atoms with Gasteiger partial charge < -0.3 is 13.9 Å². The van der Waals surface area contributed by atoms with Gasteiger partial charge in [0, 0.05) is 0 Å². The summed E-state index contributed by atoms with van der Waals surface area (Å²) in [5, 5.41) is 0. The lowest BCUT2D eigenvalue weighted by Gasteiger charge is -2.05. The Kier molecular flexibility index (Phi) is 4.41. The third-order valence-corrected chi connectivity index (χ3v) is 2.53. The van der Waals surface area contributed by atoms with E-state index in [-0.39, 0.29) is 12.4 Å². The molecule has 0 amide bonds. The van der Waals surface area contributed by atoms with E-state index < -0.39 is 5.97 Å². The van der Waals surface area contributed by atoms with Crippen LogP contribution in [0.15, 0.2) is 51.6 Å². The fourth-order valence-corrected chi connectivity index (χ4v) is 1.61. The van der Waals surface area contributed by atoms with E-state index in [0.717, 1.165) is 5.75 Å². The average Bonchev–Trinajstić information content (AvgIpc) is 2.82. The SMILES string of the molecule is O=C(OCCOc1ccccc1)c1ccc(Br)o1. The fraction of sp³-hybridized carbons (Fsp3) is 0.154. The van der Waals surface area contributed by atoms with Gasteiger partial charge in [-0.15, -0.1) is 0 Å². The van der Waals surface area contributed by atoms with Crippen molar-refractivity contribution in [2.75, 3.05) is 13.2 Å². The molecule has 0 spiro atoms. The molecule has 0 saturated heterocycles. The highest BCUT2D eigenvalue weighted by Crippen LogP contribution is 2.14. The number of carbonyl (C=O) groups is 1. The first kappa shape index (κ1) is 12.7. The second-order valence-electron chi connectivity index (χ2n) is 3.40. The molecule has 0 bridgehead atoms. The smallest absolute Gasteiger partial charge is 0.374 e. The second kappa shape index (κ2) is 6.26. The second-order valence-corrected chi connectivity index (χ2v) is 4.18. The molecule has 18 heavy (non-hydrogen) atoms. The summed E-state index contributed by atoms with van der Waals surface area (Å²) in [6.45, 7) is 0.476. The molecule has 0 N–H and O–H groups in total. The van der Waals surface area contributed by atoms with Crippen LogP contribution in [-0.4, -0.2) is 19.2 Å². The van der Waals surface area contributed by atoms with Gasteiger partial charge in [0.15, 0.2) is 4.67 Å². The molecular weight excluding hydrogens is 300 g/mol. The Morgan fingerprint density at radius 2 is 1.89 bits per heavy atom. The predicted molar refractivity (Wildman–Crippen MR) is 68.6 cm³/mol. The van der Waals surface area contributed by atoms with Crippen molar-refractivity contribution in [3.05, 3.63) is 52.9 Å². The van der Waals surface area contributed by atoms with Crippen LogP contribution in [0.2, 0.25) is 0 Å². The van der Waals surface area contributed by atoms with Crippen molar-refractivity contribution in [3.63, 3.8) is 0 Å². The molecule has 2 aromatic rings. The number of benzene rings is 1. The van der Waals surface area contributed by atoms with Gasteiger partial charge in [-0.05, 0) is 40.2 Å². The van der Waals surface area contributed by atoms with E-state index in [1.165, 1.54) is 0 Å². The zero-order valence-electron chi connectivity index (χ0n) is 9.47. The topological polar surface area (TPSA) is 48.7 Å². The van der Waals surface area contributed by atoms with Crippen molar-refractivity contribution < 1.29 is 18.7 Å². The number of hydrogen-bond donors (Lipinski definition) is 0. The first-order chi connectivity index (χ1) is 8.75. The van der Waals surface area contributed by atoms with E-state index in [1.807, 2.05) is 30.3 Å². The lowest BCUT2D eigenvalue weighted by Crippen LogP contribution is -2.11. The highest BCUT2D eigenvalue weighted by atomic mass is 79.9. The van der Waals surface area contributed by atoms with Gasteiger partial charge in [-0.3, -0.25) is 0 Å². The van der Waals surface area contributed by atoms with Crippen molar-refractivity contribution in [2.45, 2.75) is 0 Å². The maximum Gasteiger partial charge on any atom is 0.374 e. The number of rotatable bonds is 5. The minimum Gasteiger partial charge on any atom is -0.490 e. The van der Waals surface area contributed by atoms with E-state index in [2.05, 4.69) is 15.9 Å². The summed E-state index contributed by atoms with van der Waals surface area (Å²) in [4.78, 5) is 11.5. The van der Waals surface area contributed by atoms with Gasteiger partial charge in [0.05, 0.1) is 0 Å². The molecule has 0 fully saturated rings. The van der Waals surface area contributed by atoms with Crippen molar-refractivity contribution in [3.8, 4) is 5.75 Å². The molecule has 0 aliphatic carbocycles. The van der Waals surface area contributed by atoms with Gasteiger partial charge >= 0.3 is 5.97 Å². The van der Waals surface area contributed by atoms with Crippen molar-refractivity contribution in [1.82, 2.24) is 0 Å². The minimum atomic E-state index is -0.502. The summed E-state index contributed by atoms with van der Waals surface area (Å²) in [7, 11) is 0. The van der Waals surface area contributed by atoms with Crippen LogP contribution in [0.4, 0.5) is 0 Å². The Hall–Kier alpha value is -1.75. The lowest BCUT2D eigenvalue weighted by molar-refractivity contribution is 0.0413. The van der Waals surface area contributed by atoms with E-state index in [0.29, 0.717) is 11.3 Å². The molecule has 2 rings (SSSR count). The Morgan fingerprint density at radius 3 is 2.56 bits per heavy atom. The van der Waals surface area contributed by atoms with Crippen molar-refractivity contribution in [1.29, 1.82) is 0 Å². The van der Waals surface area contributed by atoms with Crippen LogP contribution >= 0.6 is 15.9 Å². The number of ether oxygens (including phenoxy) is 2. The van der Waals surface area contributed by atoms with Crippen molar-refractivity contribution >= 4 is 21.9 Å². The van der Waals surface area contributed by atoms with Crippen LogP contribution in [0.5, 0.6) is 5.75 Å². The monoisotopic (exact) mass is 310 g/mol. The van der Waals surface area contributed by atoms with Gasteiger partial charge in [0.25, 0.3) is 0 Å². The van der Waals surface area contributed by atoms with Crippen LogP contribution in [0.25, 0.3) is 0 Å². The molecule has 0 aliphatic rings. The minimum absolute atomic E-state index is 0.168. The van der Waals surface area contributed by atoms with E-state index in [9.17, 15) is 4.79 Å². The van der Waals surface area contributed by atoms with Crippen LogP contribution in [0, 0.1) is 0 Å². The number of hydrogen-bond acceptors (Lipinski definition) is 4. The third kappa shape index (κ3) is 3.63. The highest BCUT2D eigenvalue weighted by Gasteiger charge is 2.11. The van der Waals surface area contributed by atoms with E-state index >= 15 is 0 Å². The van der Waals surface area contributed by atoms with E-state index in [4.69, 9.17) is 13.9 Å². The maximum atomic E-state index is 11.5. The molecule has 0 aliphatic heterocycles. The molecule has 0 radical (unpaired) electrons. The molecule has 1 aromatic heterocycles. The van der Waals surface area contributed by atoms with Gasteiger partial charge in [-0.2, -0.15) is 0 Å². The summed E-state index contributed by atoms with van der Waals surface area (Å²) in [6.07, 6.45) is 0. The molecule has 0 saturated carbocycles. The quantitative estimate of drug-likeness (QED) is 0.628. The van der Waals surface area contributed by atoms with Crippen molar-refractivity contribution in [2.24, 2.45) is 0 Å². The van der Waals surface area contributed by atoms with E-state index in [1.54, 1.807) is 12.1 Å². The lowest BCUT2D eigenvalue weighted by atomic mass is 10.3. The number of carbonyl (C=O) groups excluding carboxylic acids is 1. The number of esters is 1. The highest BCUT2D eigenvalue weighted by molar-refractivity contribution is 9.10. The molecular formula is C13H11BrO4. The summed E-state index contributed by atoms with van der Waals surface area (Å²) in [6, 6.07) is 12.5. The van der Waals surface area contributed by atoms with Crippen LogP contribution < -0.4 is 4.74 Å². The third-order valence-electron chi connectivity index (χ3n) is 2.10. The van der Waals surface area contributed by atoms with Gasteiger partial charge in [-0.25, -0.2) is 4.79 Å². The Labute approximate surface area is 113 Å². The summed E-state index contributed by atoms with van der Waals surface area (Å²) in [5.74, 6) is 0.410. The first-order valence-corrected chi connectivity index (χ1v) is 6.15. The Bertz CT molecular complexity index is 507. The Balaban J connectivity index is 1.71. The summed E-state index contributed by atoms with van der Waals surface area (Å²) < 4.78 is 15.9. The normalized spacial score (nSPS) is 10.1. The molecule has 5 heteroatoms. The fourth-order valence-electron chi connectivity index (χ4n) is 1.31. The first-order valence-electron chi connectivity index (χ1n) is 5.36. The largest absolute Gasteiger partial charge is 0.490 e. The number of halogens is 1. The summed E-state index contributed by atoms with van der Waals surface area (Å²) in [5.41, 5.74) is 0. The van der Waals surface area contributed by atoms with Gasteiger partial charge in [0.1, 0.15) is 19.0 Å². The zero-order valence-corrected chi connectivity index (χ0v) is 11.1. The molecule has 94 valence electrons. The summed E-state index contributed by atoms with van der Waals surface area (Å²) >= 11 is 3.11. The zero-order chi connectivity index (χ0) is 12.8. The predicted octanol–water partition coefficient (Wildman–Crippen LogP) is 3.28. The van der Waals surface area contributed by atoms with Crippen LogP contribution in [0.3, 0.4) is 0 Å². The van der Waals surface area contributed by atoms with Crippen LogP contribution in [0.1, 0.15) is 10.6 Å². The number of para-hydroxylation sites is 1. The van der Waals surface area contributed by atoms with Gasteiger partial charge in [0.2, 0.25) is 5.76 Å². The average molecular weight is 311 g/mol. The van der Waals surface area contributed by atoms with Crippen LogP contribution in [-0.2, 0) is 4.74 Å². The molecule has 1 aromatic carbocycles. The molecule has 0 atom stereocenters. The maximum absolute atomic E-state index is 11.5. The number of furan rings is 1.